The monoisotopic (exact) mass is 418 g/mol. The zero-order chi connectivity index (χ0) is 20.9. The molecule has 0 aromatic heterocycles. The van der Waals surface area contributed by atoms with Gasteiger partial charge in [-0.05, 0) is 48.7 Å². The minimum absolute atomic E-state index is 0.0495. The number of benzene rings is 2. The number of non-ortho nitro benzene ring substituents is 1. The lowest BCUT2D eigenvalue weighted by atomic mass is 10.2. The van der Waals surface area contributed by atoms with E-state index in [1.165, 1.54) is 52.8 Å². The Morgan fingerprint density at radius 3 is 2.31 bits per heavy atom. The summed E-state index contributed by atoms with van der Waals surface area (Å²) in [7, 11) is -3.66. The zero-order valence-electron chi connectivity index (χ0n) is 15.8. The zero-order valence-corrected chi connectivity index (χ0v) is 16.6. The van der Waals surface area contributed by atoms with Gasteiger partial charge in [0.15, 0.2) is 0 Å². The van der Waals surface area contributed by atoms with Crippen molar-refractivity contribution in [3.63, 3.8) is 0 Å². The highest BCUT2D eigenvalue weighted by Crippen LogP contribution is 2.21. The largest absolute Gasteiger partial charge is 0.457 e. The predicted molar refractivity (Wildman–Crippen MR) is 106 cm³/mol. The molecular formula is C20H22N2O6S. The first-order chi connectivity index (χ1) is 13.9. The summed E-state index contributed by atoms with van der Waals surface area (Å²) in [5.74, 6) is -0.656. The van der Waals surface area contributed by atoms with Crippen molar-refractivity contribution in [3.8, 4) is 0 Å². The van der Waals surface area contributed by atoms with Gasteiger partial charge in [0.1, 0.15) is 6.61 Å². The molecule has 2 aromatic rings. The first-order valence-electron chi connectivity index (χ1n) is 9.38. The number of hydrogen-bond acceptors (Lipinski definition) is 6. The van der Waals surface area contributed by atoms with Gasteiger partial charge in [0.2, 0.25) is 10.0 Å². The fourth-order valence-electron chi connectivity index (χ4n) is 3.16. The minimum atomic E-state index is -3.66. The van der Waals surface area contributed by atoms with E-state index in [0.717, 1.165) is 25.7 Å². The summed E-state index contributed by atoms with van der Waals surface area (Å²) in [5, 5.41) is 10.7. The highest BCUT2D eigenvalue weighted by molar-refractivity contribution is 7.89. The molecule has 154 valence electrons. The summed E-state index contributed by atoms with van der Waals surface area (Å²) in [5.41, 5.74) is 0.687. The molecule has 1 fully saturated rings. The number of nitro benzene ring substituents is 1. The molecule has 0 saturated carbocycles. The lowest BCUT2D eigenvalue weighted by Crippen LogP contribution is -2.32. The standard InChI is InChI=1S/C20H22N2O6S/c23-20(28-15-16-8-10-18(11-9-16)22(24)25)17-6-5-7-19(14-17)29(26,27)21-12-3-1-2-4-13-21/h5-11,14H,1-4,12-13,15H2. The van der Waals surface area contributed by atoms with Gasteiger partial charge in [-0.2, -0.15) is 4.31 Å². The molecule has 0 bridgehead atoms. The van der Waals surface area contributed by atoms with E-state index >= 15 is 0 Å². The Balaban J connectivity index is 1.69. The molecule has 1 aliphatic heterocycles. The molecular weight excluding hydrogens is 396 g/mol. The molecule has 1 aliphatic rings. The predicted octanol–water partition coefficient (Wildman–Crippen LogP) is 3.52. The van der Waals surface area contributed by atoms with Crippen molar-refractivity contribution < 1.29 is 22.9 Å². The molecule has 0 spiro atoms. The lowest BCUT2D eigenvalue weighted by molar-refractivity contribution is -0.384. The fraction of sp³-hybridized carbons (Fsp3) is 0.350. The van der Waals surface area contributed by atoms with Gasteiger partial charge in [-0.3, -0.25) is 10.1 Å². The molecule has 1 heterocycles. The van der Waals surface area contributed by atoms with Crippen LogP contribution in [0.25, 0.3) is 0 Å². The lowest BCUT2D eigenvalue weighted by Gasteiger charge is -2.20. The molecule has 1 saturated heterocycles. The van der Waals surface area contributed by atoms with Gasteiger partial charge in [0, 0.05) is 25.2 Å². The number of ether oxygens (including phenoxy) is 1. The Labute approximate surface area is 169 Å². The Hall–Kier alpha value is -2.78. The Kier molecular flexibility index (Phi) is 6.60. The number of esters is 1. The third kappa shape index (κ3) is 5.18. The normalized spacial score (nSPS) is 15.4. The van der Waals surface area contributed by atoms with Crippen molar-refractivity contribution in [1.82, 2.24) is 4.31 Å². The van der Waals surface area contributed by atoms with E-state index in [1.807, 2.05) is 0 Å². The summed E-state index contributed by atoms with van der Waals surface area (Å²) < 4.78 is 32.5. The SMILES string of the molecule is O=C(OCc1ccc([N+](=O)[O-])cc1)c1cccc(S(=O)(=O)N2CCCCCC2)c1. The maximum atomic E-state index is 12.9. The van der Waals surface area contributed by atoms with E-state index in [4.69, 9.17) is 4.74 Å². The second kappa shape index (κ2) is 9.15. The van der Waals surface area contributed by atoms with E-state index in [0.29, 0.717) is 18.7 Å². The summed E-state index contributed by atoms with van der Waals surface area (Å²) in [6, 6.07) is 11.5. The van der Waals surface area contributed by atoms with Crippen LogP contribution < -0.4 is 0 Å². The van der Waals surface area contributed by atoms with E-state index < -0.39 is 20.9 Å². The number of carbonyl (C=O) groups is 1. The Morgan fingerprint density at radius 1 is 1.03 bits per heavy atom. The topological polar surface area (TPSA) is 107 Å². The van der Waals surface area contributed by atoms with E-state index in [-0.39, 0.29) is 22.8 Å². The smallest absolute Gasteiger partial charge is 0.338 e. The van der Waals surface area contributed by atoms with E-state index in [9.17, 15) is 23.3 Å². The Bertz CT molecular complexity index is 980. The Morgan fingerprint density at radius 2 is 1.69 bits per heavy atom. The number of rotatable bonds is 6. The second-order valence-electron chi connectivity index (χ2n) is 6.85. The van der Waals surface area contributed by atoms with Gasteiger partial charge in [0.05, 0.1) is 15.4 Å². The molecule has 0 atom stereocenters. The summed E-state index contributed by atoms with van der Waals surface area (Å²) in [6.07, 6.45) is 3.69. The first-order valence-corrected chi connectivity index (χ1v) is 10.8. The van der Waals surface area contributed by atoms with Crippen LogP contribution in [0.1, 0.15) is 41.6 Å². The van der Waals surface area contributed by atoms with Crippen molar-refractivity contribution >= 4 is 21.7 Å². The van der Waals surface area contributed by atoms with Crippen LogP contribution in [-0.2, 0) is 21.4 Å². The summed E-state index contributed by atoms with van der Waals surface area (Å²) >= 11 is 0. The number of nitro groups is 1. The number of carbonyl (C=O) groups excluding carboxylic acids is 1. The van der Waals surface area contributed by atoms with Crippen LogP contribution in [0.3, 0.4) is 0 Å². The van der Waals surface area contributed by atoms with Crippen molar-refractivity contribution in [1.29, 1.82) is 0 Å². The van der Waals surface area contributed by atoms with Crippen molar-refractivity contribution in [2.75, 3.05) is 13.1 Å². The van der Waals surface area contributed by atoms with Crippen molar-refractivity contribution in [2.45, 2.75) is 37.2 Å². The minimum Gasteiger partial charge on any atom is -0.457 e. The van der Waals surface area contributed by atoms with Gasteiger partial charge >= 0.3 is 5.97 Å². The highest BCUT2D eigenvalue weighted by Gasteiger charge is 2.26. The van der Waals surface area contributed by atoms with Crippen LogP contribution in [0.15, 0.2) is 53.4 Å². The first kappa shape index (κ1) is 20.9. The third-order valence-electron chi connectivity index (χ3n) is 4.79. The maximum Gasteiger partial charge on any atom is 0.338 e. The average Bonchev–Trinajstić information content (AvgIpc) is 3.02. The van der Waals surface area contributed by atoms with Crippen LogP contribution in [-0.4, -0.2) is 36.7 Å². The quantitative estimate of drug-likeness (QED) is 0.404. The summed E-state index contributed by atoms with van der Waals surface area (Å²) in [6.45, 7) is 0.897. The molecule has 0 N–H and O–H groups in total. The van der Waals surface area contributed by atoms with Crippen molar-refractivity contribution in [2.24, 2.45) is 0 Å². The maximum absolute atomic E-state index is 12.9. The van der Waals surface area contributed by atoms with Crippen LogP contribution in [0, 0.1) is 10.1 Å². The third-order valence-corrected chi connectivity index (χ3v) is 6.68. The van der Waals surface area contributed by atoms with Gasteiger partial charge in [0.25, 0.3) is 5.69 Å². The number of sulfonamides is 1. The van der Waals surface area contributed by atoms with Crippen LogP contribution in [0.4, 0.5) is 5.69 Å². The molecule has 0 aliphatic carbocycles. The highest BCUT2D eigenvalue weighted by atomic mass is 32.2. The van der Waals surface area contributed by atoms with Crippen LogP contribution in [0.2, 0.25) is 0 Å². The van der Waals surface area contributed by atoms with Crippen molar-refractivity contribution in [3.05, 3.63) is 69.8 Å². The van der Waals surface area contributed by atoms with E-state index in [1.54, 1.807) is 0 Å². The molecule has 3 rings (SSSR count). The molecule has 0 amide bonds. The van der Waals surface area contributed by atoms with Gasteiger partial charge in [-0.25, -0.2) is 13.2 Å². The van der Waals surface area contributed by atoms with Gasteiger partial charge < -0.3 is 4.74 Å². The number of hydrogen-bond donors (Lipinski definition) is 0. The van der Waals surface area contributed by atoms with Crippen LogP contribution >= 0.6 is 0 Å². The molecule has 9 heteroatoms. The molecule has 2 aromatic carbocycles. The fourth-order valence-corrected chi connectivity index (χ4v) is 4.72. The van der Waals surface area contributed by atoms with Gasteiger partial charge in [-0.1, -0.05) is 18.9 Å². The van der Waals surface area contributed by atoms with E-state index in [2.05, 4.69) is 0 Å². The molecule has 0 unspecified atom stereocenters. The molecule has 29 heavy (non-hydrogen) atoms. The average molecular weight is 418 g/mol. The van der Waals surface area contributed by atoms with Gasteiger partial charge in [-0.15, -0.1) is 0 Å². The molecule has 8 nitrogen and oxygen atoms in total. The second-order valence-corrected chi connectivity index (χ2v) is 8.78. The summed E-state index contributed by atoms with van der Waals surface area (Å²) in [4.78, 5) is 22.6. The number of nitrogens with zero attached hydrogens (tertiary/aromatic N) is 2. The molecule has 0 radical (unpaired) electrons. The van der Waals surface area contributed by atoms with Crippen LogP contribution in [0.5, 0.6) is 0 Å².